The number of carboxylic acids is 2. The van der Waals surface area contributed by atoms with E-state index in [1.165, 1.54) is 6.07 Å². The van der Waals surface area contributed by atoms with E-state index in [1.54, 1.807) is 62.5 Å². The number of benzene rings is 1. The van der Waals surface area contributed by atoms with Gasteiger partial charge in [-0.2, -0.15) is 0 Å². The molecule has 0 fully saturated rings. The molecule has 0 saturated heterocycles. The molecule has 9 nitrogen and oxygen atoms in total. The molecule has 0 aliphatic heterocycles. The Morgan fingerprint density at radius 3 is 2.18 bits per heavy atom. The van der Waals surface area contributed by atoms with Gasteiger partial charge in [0, 0.05) is 0 Å². The molecule has 178 valence electrons. The number of ketones is 1. The lowest BCUT2D eigenvalue weighted by atomic mass is 9.74. The fraction of sp³-hybridized carbons (Fsp3) is 0.391. The highest BCUT2D eigenvalue weighted by Crippen LogP contribution is 2.39. The van der Waals surface area contributed by atoms with Crippen molar-refractivity contribution in [2.45, 2.75) is 51.8 Å². The smallest absolute Gasteiger partial charge is 0.416 e. The number of hydrogen-bond acceptors (Lipinski definition) is 7. The summed E-state index contributed by atoms with van der Waals surface area (Å²) >= 11 is 1.05. The molecule has 0 unspecified atom stereocenters. The number of carbonyl (C=O) groups is 4. The summed E-state index contributed by atoms with van der Waals surface area (Å²) in [6, 6.07) is 10.2. The molecule has 10 heteroatoms. The Labute approximate surface area is 195 Å². The number of amides is 1. The second-order valence-corrected chi connectivity index (χ2v) is 9.72. The molecule has 1 amide bonds. The highest BCUT2D eigenvalue weighted by molar-refractivity contribution is 7.14. The van der Waals surface area contributed by atoms with E-state index in [0.717, 1.165) is 16.2 Å². The third-order valence-corrected chi connectivity index (χ3v) is 5.63. The Morgan fingerprint density at radius 1 is 1.06 bits per heavy atom. The summed E-state index contributed by atoms with van der Waals surface area (Å²) in [6.07, 6.45) is -2.15. The molecule has 4 N–H and O–H groups in total. The Kier molecular flexibility index (Phi) is 8.34. The van der Waals surface area contributed by atoms with Gasteiger partial charge >= 0.3 is 18.0 Å². The summed E-state index contributed by atoms with van der Waals surface area (Å²) in [7, 11) is 0. The molecule has 1 aromatic heterocycles. The first-order valence-electron chi connectivity index (χ1n) is 10.2. The van der Waals surface area contributed by atoms with Crippen LogP contribution in [-0.4, -0.2) is 45.6 Å². The highest BCUT2D eigenvalue weighted by atomic mass is 32.1. The monoisotopic (exact) mass is 476 g/mol. The second-order valence-electron chi connectivity index (χ2n) is 8.80. The standard InChI is InChI=1S/C23H28N2O7S/c1-22(2,3)14-23(20(29)30,19(28)16(24)12-18(26)27)25(17-10-7-11-33-17)21(31)32-13-15-8-5-4-6-9-15/h4-11,16H,12-14,24H2,1-3H3,(H,26,27)(H,29,30)/t16-,23+/m0/s1. The van der Waals surface area contributed by atoms with Crippen LogP contribution in [-0.2, 0) is 25.7 Å². The van der Waals surface area contributed by atoms with E-state index in [4.69, 9.17) is 15.6 Å². The molecule has 0 aliphatic rings. The van der Waals surface area contributed by atoms with E-state index in [0.29, 0.717) is 5.56 Å². The Morgan fingerprint density at radius 2 is 1.70 bits per heavy atom. The van der Waals surface area contributed by atoms with Crippen LogP contribution in [0.3, 0.4) is 0 Å². The minimum atomic E-state index is -2.48. The SMILES string of the molecule is CC(C)(C)C[C@](C(=O)O)(C(=O)[C@@H](N)CC(=O)O)N(C(=O)OCc1ccccc1)c1cccs1. The molecular formula is C23H28N2O7S. The number of anilines is 1. The number of thiophene rings is 1. The molecule has 0 spiro atoms. The molecule has 1 aromatic carbocycles. The van der Waals surface area contributed by atoms with Crippen molar-refractivity contribution in [2.75, 3.05) is 4.90 Å². The number of hydrogen-bond donors (Lipinski definition) is 3. The van der Waals surface area contributed by atoms with Crippen LogP contribution in [0.5, 0.6) is 0 Å². The summed E-state index contributed by atoms with van der Waals surface area (Å²) in [5.41, 5.74) is 3.28. The van der Waals surface area contributed by atoms with E-state index >= 15 is 0 Å². The van der Waals surface area contributed by atoms with Crippen molar-refractivity contribution in [3.63, 3.8) is 0 Å². The second kappa shape index (κ2) is 10.6. The average molecular weight is 477 g/mol. The highest BCUT2D eigenvalue weighted by Gasteiger charge is 2.58. The van der Waals surface area contributed by atoms with Crippen LogP contribution < -0.4 is 10.6 Å². The summed E-state index contributed by atoms with van der Waals surface area (Å²) in [4.78, 5) is 51.6. The van der Waals surface area contributed by atoms with E-state index in [2.05, 4.69) is 0 Å². The normalized spacial score (nSPS) is 14.1. The van der Waals surface area contributed by atoms with Gasteiger partial charge in [-0.3, -0.25) is 9.59 Å². The van der Waals surface area contributed by atoms with Crippen molar-refractivity contribution in [2.24, 2.45) is 11.1 Å². The predicted octanol–water partition coefficient (Wildman–Crippen LogP) is 3.52. The van der Waals surface area contributed by atoms with E-state index < -0.39 is 47.2 Å². The van der Waals surface area contributed by atoms with Crippen LogP contribution >= 0.6 is 11.3 Å². The lowest BCUT2D eigenvalue weighted by molar-refractivity contribution is -0.151. The maximum absolute atomic E-state index is 13.5. The third-order valence-electron chi connectivity index (χ3n) is 4.77. The number of nitrogens with two attached hydrogens (primary N) is 1. The molecule has 33 heavy (non-hydrogen) atoms. The van der Waals surface area contributed by atoms with Gasteiger partial charge in [-0.25, -0.2) is 14.5 Å². The van der Waals surface area contributed by atoms with Crippen molar-refractivity contribution in [3.8, 4) is 0 Å². The van der Waals surface area contributed by atoms with E-state index in [1.807, 2.05) is 0 Å². The zero-order valence-electron chi connectivity index (χ0n) is 18.7. The fourth-order valence-corrected chi connectivity index (χ4v) is 4.31. The lowest BCUT2D eigenvalue weighted by Gasteiger charge is -2.42. The van der Waals surface area contributed by atoms with Gasteiger partial charge < -0.3 is 20.7 Å². The molecule has 0 radical (unpaired) electrons. The number of Topliss-reactive ketones (excluding diaryl/α,β-unsaturated/α-hetero) is 1. The maximum Gasteiger partial charge on any atom is 0.416 e. The summed E-state index contributed by atoms with van der Waals surface area (Å²) in [5, 5.41) is 21.3. The van der Waals surface area contributed by atoms with Gasteiger partial charge in [-0.1, -0.05) is 51.1 Å². The molecule has 2 rings (SSSR count). The number of aliphatic carboxylic acids is 2. The zero-order valence-corrected chi connectivity index (χ0v) is 19.5. The first kappa shape index (κ1) is 26.0. The number of carbonyl (C=O) groups excluding carboxylic acids is 2. The number of carboxylic acid groups (broad SMARTS) is 2. The van der Waals surface area contributed by atoms with Crippen LogP contribution in [0.1, 0.15) is 39.2 Å². The van der Waals surface area contributed by atoms with E-state index in [9.17, 15) is 24.3 Å². The first-order chi connectivity index (χ1) is 15.4. The Bertz CT molecular complexity index is 986. The zero-order chi connectivity index (χ0) is 24.8. The van der Waals surface area contributed by atoms with E-state index in [-0.39, 0.29) is 18.0 Å². The minimum absolute atomic E-state index is 0.151. The minimum Gasteiger partial charge on any atom is -0.481 e. The molecule has 1 heterocycles. The van der Waals surface area contributed by atoms with Gasteiger partial charge in [0.15, 0.2) is 5.78 Å². The maximum atomic E-state index is 13.5. The molecule has 0 saturated carbocycles. The molecule has 0 aliphatic carbocycles. The summed E-state index contributed by atoms with van der Waals surface area (Å²) in [5.74, 6) is -4.06. The first-order valence-corrected chi connectivity index (χ1v) is 11.1. The van der Waals surface area contributed by atoms with Crippen molar-refractivity contribution in [1.29, 1.82) is 0 Å². The van der Waals surface area contributed by atoms with Gasteiger partial charge in [-0.05, 0) is 34.9 Å². The van der Waals surface area contributed by atoms with Gasteiger partial charge in [0.25, 0.3) is 0 Å². The number of nitrogens with zero attached hydrogens (tertiary/aromatic N) is 1. The van der Waals surface area contributed by atoms with Gasteiger partial charge in [0.1, 0.15) is 11.6 Å². The predicted molar refractivity (Wildman–Crippen MR) is 123 cm³/mol. The van der Waals surface area contributed by atoms with Gasteiger partial charge in [0.05, 0.1) is 12.5 Å². The van der Waals surface area contributed by atoms with Crippen LogP contribution in [0.25, 0.3) is 0 Å². The van der Waals surface area contributed by atoms with Crippen molar-refractivity contribution in [1.82, 2.24) is 0 Å². The van der Waals surface area contributed by atoms with Crippen molar-refractivity contribution < 1.29 is 34.1 Å². The quantitative estimate of drug-likeness (QED) is 0.441. The summed E-state index contributed by atoms with van der Waals surface area (Å²) in [6.45, 7) is 4.98. The van der Waals surface area contributed by atoms with Crippen LogP contribution in [0, 0.1) is 5.41 Å². The number of rotatable bonds is 10. The number of ether oxygens (including phenoxy) is 1. The van der Waals surface area contributed by atoms with Gasteiger partial charge in [0.2, 0.25) is 5.54 Å². The third kappa shape index (κ3) is 6.39. The molecular weight excluding hydrogens is 448 g/mol. The Hall–Kier alpha value is -3.24. The average Bonchev–Trinajstić information content (AvgIpc) is 3.24. The largest absolute Gasteiger partial charge is 0.481 e. The molecule has 2 atom stereocenters. The lowest BCUT2D eigenvalue weighted by Crippen LogP contribution is -2.67. The van der Waals surface area contributed by atoms with Crippen LogP contribution in [0.4, 0.5) is 9.80 Å². The summed E-state index contributed by atoms with van der Waals surface area (Å²) < 4.78 is 5.42. The Balaban J connectivity index is 2.61. The van der Waals surface area contributed by atoms with Crippen molar-refractivity contribution >= 4 is 40.2 Å². The van der Waals surface area contributed by atoms with Gasteiger partial charge in [-0.15, -0.1) is 11.3 Å². The van der Waals surface area contributed by atoms with Crippen LogP contribution in [0.2, 0.25) is 0 Å². The van der Waals surface area contributed by atoms with Crippen molar-refractivity contribution in [3.05, 3.63) is 53.4 Å². The fourth-order valence-electron chi connectivity index (χ4n) is 3.52. The molecule has 2 aromatic rings. The van der Waals surface area contributed by atoms with Crippen LogP contribution in [0.15, 0.2) is 47.8 Å². The molecule has 0 bridgehead atoms. The topological polar surface area (TPSA) is 147 Å².